The van der Waals surface area contributed by atoms with Crippen molar-refractivity contribution in [2.24, 2.45) is 0 Å². The fourth-order valence-electron chi connectivity index (χ4n) is 3.40. The lowest BCUT2D eigenvalue weighted by atomic mass is 10.2. The van der Waals surface area contributed by atoms with Gasteiger partial charge in [0.05, 0.1) is 29.7 Å². The van der Waals surface area contributed by atoms with Crippen molar-refractivity contribution in [2.75, 3.05) is 11.5 Å². The maximum atomic E-state index is 13.7. The first kappa shape index (κ1) is 23.1. The van der Waals surface area contributed by atoms with E-state index in [1.165, 1.54) is 18.2 Å². The second-order valence-corrected chi connectivity index (χ2v) is 7.01. The van der Waals surface area contributed by atoms with Crippen LogP contribution in [0.15, 0.2) is 53.5 Å². The number of hydrogen-bond acceptors (Lipinski definition) is 5. The molecule has 0 saturated carbocycles. The Morgan fingerprint density at radius 3 is 2.47 bits per heavy atom. The molecule has 178 valence electrons. The predicted octanol–water partition coefficient (Wildman–Crippen LogP) is 4.07. The zero-order chi connectivity index (χ0) is 24.6. The lowest BCUT2D eigenvalue weighted by Gasteiger charge is -2.17. The number of carbonyl (C=O) groups excluding carboxylic acids is 1. The molecule has 0 fully saturated rings. The molecule has 3 aromatic rings. The molecule has 0 aliphatic carbocycles. The van der Waals surface area contributed by atoms with Crippen LogP contribution in [0.2, 0.25) is 0 Å². The molecule has 1 aromatic carbocycles. The summed E-state index contributed by atoms with van der Waals surface area (Å²) in [6.07, 6.45) is -3.74. The second-order valence-electron chi connectivity index (χ2n) is 7.01. The Hall–Kier alpha value is -4.03. The van der Waals surface area contributed by atoms with Crippen molar-refractivity contribution in [1.82, 2.24) is 9.55 Å². The van der Waals surface area contributed by atoms with Gasteiger partial charge < -0.3 is 9.47 Å². The fraction of sp³-hybridized carbons (Fsp3) is 0.190. The van der Waals surface area contributed by atoms with Crippen molar-refractivity contribution in [2.45, 2.75) is 19.3 Å². The van der Waals surface area contributed by atoms with E-state index in [2.05, 4.69) is 9.72 Å². The van der Waals surface area contributed by atoms with Crippen LogP contribution in [-0.4, -0.2) is 34.9 Å². The molecule has 1 aliphatic rings. The number of alkyl halides is 5. The van der Waals surface area contributed by atoms with Crippen LogP contribution in [0, 0.1) is 5.82 Å². The van der Waals surface area contributed by atoms with Crippen LogP contribution in [-0.2, 0) is 6.54 Å². The number of rotatable bonds is 6. The highest BCUT2D eigenvalue weighted by molar-refractivity contribution is 6.09. The topological polar surface area (TPSA) is 73.7 Å². The number of halogens is 6. The number of amides is 1. The predicted molar refractivity (Wildman–Crippen MR) is 105 cm³/mol. The average Bonchev–Trinajstić information content (AvgIpc) is 3.09. The zero-order valence-electron chi connectivity index (χ0n) is 16.9. The molecule has 0 spiro atoms. The summed E-state index contributed by atoms with van der Waals surface area (Å²) in [4.78, 5) is 30.7. The summed E-state index contributed by atoms with van der Waals surface area (Å²) >= 11 is 0. The van der Waals surface area contributed by atoms with Crippen LogP contribution in [0.1, 0.15) is 16.1 Å². The number of aromatic nitrogens is 2. The second kappa shape index (κ2) is 8.72. The Kier molecular flexibility index (Phi) is 5.94. The van der Waals surface area contributed by atoms with E-state index >= 15 is 0 Å². The minimum atomic E-state index is -4.72. The first-order chi connectivity index (χ1) is 16.0. The van der Waals surface area contributed by atoms with Gasteiger partial charge in [0.2, 0.25) is 0 Å². The van der Waals surface area contributed by atoms with Gasteiger partial charge in [-0.3, -0.25) is 19.1 Å². The molecule has 2 aromatic heterocycles. The molecule has 0 unspecified atom stereocenters. The van der Waals surface area contributed by atoms with Crippen molar-refractivity contribution < 1.29 is 40.6 Å². The smallest absolute Gasteiger partial charge is 0.422 e. The minimum absolute atomic E-state index is 0.0420. The van der Waals surface area contributed by atoms with Crippen molar-refractivity contribution in [3.8, 4) is 17.2 Å². The number of hydrogen-bond donors (Lipinski definition) is 0. The summed E-state index contributed by atoms with van der Waals surface area (Å²) < 4.78 is 86.3. The highest BCUT2D eigenvalue weighted by Gasteiger charge is 2.34. The minimum Gasteiger partial charge on any atom is -0.482 e. The summed E-state index contributed by atoms with van der Waals surface area (Å²) in [6, 6.07) is 7.38. The highest BCUT2D eigenvalue weighted by Crippen LogP contribution is 2.32. The molecule has 3 heterocycles. The van der Waals surface area contributed by atoms with Gasteiger partial charge in [-0.1, -0.05) is 0 Å². The van der Waals surface area contributed by atoms with Crippen LogP contribution in [0.25, 0.3) is 5.69 Å². The van der Waals surface area contributed by atoms with E-state index in [-0.39, 0.29) is 35.1 Å². The van der Waals surface area contributed by atoms with E-state index in [0.717, 1.165) is 33.9 Å². The Labute approximate surface area is 186 Å². The molecule has 7 nitrogen and oxygen atoms in total. The van der Waals surface area contributed by atoms with Crippen LogP contribution >= 0.6 is 0 Å². The number of anilines is 1. The molecule has 1 aliphatic heterocycles. The molecule has 0 atom stereocenters. The zero-order valence-corrected chi connectivity index (χ0v) is 16.9. The molecule has 34 heavy (non-hydrogen) atoms. The third-order valence-electron chi connectivity index (χ3n) is 4.75. The third kappa shape index (κ3) is 4.67. The Morgan fingerprint density at radius 1 is 1.06 bits per heavy atom. The van der Waals surface area contributed by atoms with Gasteiger partial charge in [0.25, 0.3) is 11.5 Å². The van der Waals surface area contributed by atoms with Gasteiger partial charge in [-0.05, 0) is 30.3 Å². The van der Waals surface area contributed by atoms with Gasteiger partial charge in [-0.15, -0.1) is 0 Å². The van der Waals surface area contributed by atoms with Gasteiger partial charge in [-0.25, -0.2) is 9.37 Å². The molecule has 0 radical (unpaired) electrons. The van der Waals surface area contributed by atoms with E-state index in [1.807, 2.05) is 0 Å². The highest BCUT2D eigenvalue weighted by atomic mass is 19.4. The van der Waals surface area contributed by atoms with E-state index in [4.69, 9.17) is 4.74 Å². The average molecular weight is 485 g/mol. The molecular weight excluding hydrogens is 472 g/mol. The summed E-state index contributed by atoms with van der Waals surface area (Å²) in [5.41, 5.74) is -0.766. The van der Waals surface area contributed by atoms with E-state index < -0.39 is 42.4 Å². The molecule has 4 rings (SSSR count). The SMILES string of the molecule is O=C1c2ccc(=O)n(-c3ccc(F)cc3OCC(F)(F)F)c2CN1c1ccc(OC(F)F)cn1. The summed E-state index contributed by atoms with van der Waals surface area (Å²) in [7, 11) is 0. The molecule has 13 heteroatoms. The molecular formula is C21H13F6N3O4. The number of ether oxygens (including phenoxy) is 2. The maximum Gasteiger partial charge on any atom is 0.422 e. The third-order valence-corrected chi connectivity index (χ3v) is 4.75. The molecule has 0 bridgehead atoms. The van der Waals surface area contributed by atoms with Gasteiger partial charge in [0.15, 0.2) is 6.61 Å². The number of carbonyl (C=O) groups is 1. The largest absolute Gasteiger partial charge is 0.482 e. The summed E-state index contributed by atoms with van der Waals surface area (Å²) in [5.74, 6) is -2.23. The maximum absolute atomic E-state index is 13.7. The number of pyridine rings is 2. The van der Waals surface area contributed by atoms with Crippen molar-refractivity contribution in [1.29, 1.82) is 0 Å². The van der Waals surface area contributed by atoms with E-state index in [9.17, 15) is 35.9 Å². The monoisotopic (exact) mass is 485 g/mol. The van der Waals surface area contributed by atoms with Crippen molar-refractivity contribution >= 4 is 11.7 Å². The standard InChI is InChI=1S/C21H13F6N3O4/c22-11-1-4-14(16(7-11)33-10-21(25,26)27)30-15-9-29(19(32)13(15)3-6-18(30)31)17-5-2-12(8-28-17)34-20(23)24/h1-8,20H,9-10H2. The Morgan fingerprint density at radius 2 is 1.82 bits per heavy atom. The first-order valence-corrected chi connectivity index (χ1v) is 9.50. The quantitative estimate of drug-likeness (QED) is 0.493. The lowest BCUT2D eigenvalue weighted by molar-refractivity contribution is -0.153. The van der Waals surface area contributed by atoms with Crippen molar-refractivity contribution in [3.05, 3.63) is 76.1 Å². The van der Waals surface area contributed by atoms with Gasteiger partial charge in [0, 0.05) is 12.1 Å². The number of benzene rings is 1. The first-order valence-electron chi connectivity index (χ1n) is 9.50. The normalized spacial score (nSPS) is 13.4. The van der Waals surface area contributed by atoms with Crippen LogP contribution in [0.4, 0.5) is 32.2 Å². The Balaban J connectivity index is 1.73. The summed E-state index contributed by atoms with van der Waals surface area (Å²) in [6.45, 7) is -5.03. The number of fused-ring (bicyclic) bond motifs is 1. The molecule has 0 saturated heterocycles. The fourth-order valence-corrected chi connectivity index (χ4v) is 3.40. The van der Waals surface area contributed by atoms with Crippen LogP contribution < -0.4 is 19.9 Å². The van der Waals surface area contributed by atoms with E-state index in [1.54, 1.807) is 0 Å². The van der Waals surface area contributed by atoms with Crippen LogP contribution in [0.5, 0.6) is 11.5 Å². The van der Waals surface area contributed by atoms with Gasteiger partial charge >= 0.3 is 12.8 Å². The van der Waals surface area contributed by atoms with Gasteiger partial charge in [-0.2, -0.15) is 22.0 Å². The van der Waals surface area contributed by atoms with Crippen LogP contribution in [0.3, 0.4) is 0 Å². The molecule has 1 amide bonds. The molecule has 0 N–H and O–H groups in total. The number of nitrogens with zero attached hydrogens (tertiary/aromatic N) is 3. The van der Waals surface area contributed by atoms with Gasteiger partial charge in [0.1, 0.15) is 23.1 Å². The van der Waals surface area contributed by atoms with E-state index in [0.29, 0.717) is 6.07 Å². The van der Waals surface area contributed by atoms with Crippen molar-refractivity contribution in [3.63, 3.8) is 0 Å². The summed E-state index contributed by atoms with van der Waals surface area (Å²) in [5, 5.41) is 0. The Bertz CT molecular complexity index is 1290. The lowest BCUT2D eigenvalue weighted by Crippen LogP contribution is -2.25.